The van der Waals surface area contributed by atoms with Gasteiger partial charge in [0, 0.05) is 37.4 Å². The Morgan fingerprint density at radius 2 is 1.78 bits per heavy atom. The summed E-state index contributed by atoms with van der Waals surface area (Å²) in [5, 5.41) is 2.77. The van der Waals surface area contributed by atoms with E-state index in [1.54, 1.807) is 32.9 Å². The highest BCUT2D eigenvalue weighted by Gasteiger charge is 2.20. The Bertz CT molecular complexity index is 995. The number of hydrogen-bond donors (Lipinski definition) is 2. The molecule has 0 spiro atoms. The predicted octanol–water partition coefficient (Wildman–Crippen LogP) is 3.30. The number of rotatable bonds is 5. The summed E-state index contributed by atoms with van der Waals surface area (Å²) < 4.78 is 19.1. The van der Waals surface area contributed by atoms with E-state index in [2.05, 4.69) is 22.2 Å². The van der Waals surface area contributed by atoms with Gasteiger partial charge in [0.1, 0.15) is 11.4 Å². The number of nitrogens with zero attached hydrogens (tertiary/aromatic N) is 2. The van der Waals surface area contributed by atoms with Crippen LogP contribution in [0.25, 0.3) is 0 Å². The van der Waals surface area contributed by atoms with E-state index in [-0.39, 0.29) is 6.42 Å². The first-order valence-electron chi connectivity index (χ1n) is 10.7. The fourth-order valence-electron chi connectivity index (χ4n) is 3.59. The van der Waals surface area contributed by atoms with Crippen LogP contribution in [0.15, 0.2) is 36.4 Å². The second-order valence-electron chi connectivity index (χ2n) is 9.08. The van der Waals surface area contributed by atoms with Crippen molar-refractivity contribution in [2.75, 3.05) is 49.2 Å². The molecule has 0 saturated carbocycles. The first-order valence-corrected chi connectivity index (χ1v) is 10.7. The predicted molar refractivity (Wildman–Crippen MR) is 124 cm³/mol. The summed E-state index contributed by atoms with van der Waals surface area (Å²) in [5.74, 6) is -1.39. The molecule has 172 valence electrons. The van der Waals surface area contributed by atoms with Gasteiger partial charge in [-0.15, -0.1) is 0 Å². The molecule has 1 amide bonds. The lowest BCUT2D eigenvalue weighted by Gasteiger charge is -2.34. The highest BCUT2D eigenvalue weighted by molar-refractivity contribution is 6.06. The minimum atomic E-state index is -0.656. The number of carbonyl (C=O) groups is 2. The summed E-state index contributed by atoms with van der Waals surface area (Å²) in [4.78, 5) is 29.5. The number of ether oxygens (including phenoxy) is 1. The maximum Gasteiger partial charge on any atom is 0.310 e. The molecule has 1 aliphatic heterocycles. The van der Waals surface area contributed by atoms with Crippen LogP contribution in [0.2, 0.25) is 0 Å². The van der Waals surface area contributed by atoms with Crippen molar-refractivity contribution in [1.29, 1.82) is 0 Å². The van der Waals surface area contributed by atoms with E-state index in [1.165, 1.54) is 18.2 Å². The van der Waals surface area contributed by atoms with E-state index in [9.17, 15) is 14.0 Å². The summed E-state index contributed by atoms with van der Waals surface area (Å²) in [6.45, 7) is 8.92. The Morgan fingerprint density at radius 3 is 2.41 bits per heavy atom. The lowest BCUT2D eigenvalue weighted by molar-refractivity contribution is -0.153. The molecule has 3 rings (SSSR count). The van der Waals surface area contributed by atoms with Crippen molar-refractivity contribution in [3.8, 4) is 0 Å². The Hall–Kier alpha value is -3.13. The average molecular weight is 443 g/mol. The summed E-state index contributed by atoms with van der Waals surface area (Å²) >= 11 is 0. The monoisotopic (exact) mass is 442 g/mol. The average Bonchev–Trinajstić information content (AvgIpc) is 2.69. The number of likely N-dealkylation sites (N-methyl/N-ethyl adjacent to an activating group) is 1. The number of benzene rings is 2. The Balaban J connectivity index is 1.74. The summed E-state index contributed by atoms with van der Waals surface area (Å²) in [6.07, 6.45) is -0.158. The minimum Gasteiger partial charge on any atom is -0.460 e. The molecular formula is C24H31FN4O3. The first-order chi connectivity index (χ1) is 15.0. The van der Waals surface area contributed by atoms with Crippen molar-refractivity contribution in [2.45, 2.75) is 32.8 Å². The van der Waals surface area contributed by atoms with Crippen molar-refractivity contribution < 1.29 is 18.7 Å². The molecule has 1 fully saturated rings. The van der Waals surface area contributed by atoms with Crippen molar-refractivity contribution >= 4 is 28.9 Å². The van der Waals surface area contributed by atoms with Crippen LogP contribution in [0.4, 0.5) is 21.5 Å². The largest absolute Gasteiger partial charge is 0.460 e. The van der Waals surface area contributed by atoms with Gasteiger partial charge in [-0.25, -0.2) is 4.39 Å². The molecule has 0 aromatic heterocycles. The second kappa shape index (κ2) is 9.56. The summed E-state index contributed by atoms with van der Waals surface area (Å²) in [7, 11) is 2.08. The van der Waals surface area contributed by atoms with Crippen molar-refractivity contribution in [3.63, 3.8) is 0 Å². The highest BCUT2D eigenvalue weighted by Crippen LogP contribution is 2.26. The topological polar surface area (TPSA) is 87.9 Å². The molecule has 7 nitrogen and oxygen atoms in total. The third-order valence-corrected chi connectivity index (χ3v) is 5.20. The fraction of sp³-hybridized carbons (Fsp3) is 0.417. The van der Waals surface area contributed by atoms with Gasteiger partial charge in [0.25, 0.3) is 5.91 Å². The molecule has 1 saturated heterocycles. The number of nitrogens with two attached hydrogens (primary N) is 1. The van der Waals surface area contributed by atoms with E-state index in [1.807, 2.05) is 6.07 Å². The van der Waals surface area contributed by atoms with Crippen molar-refractivity contribution in [3.05, 3.63) is 53.3 Å². The lowest BCUT2D eigenvalue weighted by Crippen LogP contribution is -2.44. The van der Waals surface area contributed by atoms with Crippen LogP contribution < -0.4 is 16.0 Å². The van der Waals surface area contributed by atoms with Gasteiger partial charge in [0.05, 0.1) is 17.8 Å². The quantitative estimate of drug-likeness (QED) is 0.546. The number of anilines is 3. The van der Waals surface area contributed by atoms with E-state index in [0.717, 1.165) is 31.9 Å². The molecule has 8 heteroatoms. The zero-order chi connectivity index (χ0) is 23.5. The van der Waals surface area contributed by atoms with Crippen LogP contribution in [0.1, 0.15) is 36.7 Å². The van der Waals surface area contributed by atoms with Crippen molar-refractivity contribution in [1.82, 2.24) is 4.90 Å². The van der Waals surface area contributed by atoms with Crippen LogP contribution in [0.3, 0.4) is 0 Å². The van der Waals surface area contributed by atoms with Crippen LogP contribution in [0.5, 0.6) is 0 Å². The number of halogens is 1. The Labute approximate surface area is 188 Å². The number of piperazine rings is 1. The molecule has 2 aromatic rings. The second-order valence-corrected chi connectivity index (χ2v) is 9.08. The van der Waals surface area contributed by atoms with Gasteiger partial charge in [0.15, 0.2) is 0 Å². The van der Waals surface area contributed by atoms with E-state index < -0.39 is 23.3 Å². The Morgan fingerprint density at radius 1 is 1.09 bits per heavy atom. The van der Waals surface area contributed by atoms with Crippen LogP contribution >= 0.6 is 0 Å². The standard InChI is InChI=1S/C24H31FN4O3/c1-24(2,3)32-22(30)15-17-13-18(25)6-7-20(17)27-23(31)16-5-8-21(19(26)14-16)29-11-9-28(4)10-12-29/h5-8,13-14H,9-12,15,26H2,1-4H3,(H,27,31). The van der Waals surface area contributed by atoms with Gasteiger partial charge in [-0.2, -0.15) is 0 Å². The number of nitrogen functional groups attached to an aromatic ring is 1. The van der Waals surface area contributed by atoms with Gasteiger partial charge >= 0.3 is 5.97 Å². The third kappa shape index (κ3) is 6.20. The van der Waals surface area contributed by atoms with Gasteiger partial charge in [-0.3, -0.25) is 9.59 Å². The number of amides is 1. The minimum absolute atomic E-state index is 0.158. The third-order valence-electron chi connectivity index (χ3n) is 5.20. The van der Waals surface area contributed by atoms with Gasteiger partial charge < -0.3 is 25.6 Å². The van der Waals surface area contributed by atoms with E-state index in [4.69, 9.17) is 10.5 Å². The van der Waals surface area contributed by atoms with Crippen molar-refractivity contribution in [2.24, 2.45) is 0 Å². The van der Waals surface area contributed by atoms with E-state index in [0.29, 0.717) is 22.5 Å². The molecule has 0 aliphatic carbocycles. The maximum atomic E-state index is 13.8. The number of nitrogens with one attached hydrogen (secondary N) is 1. The zero-order valence-electron chi connectivity index (χ0n) is 19.1. The molecule has 32 heavy (non-hydrogen) atoms. The van der Waals surface area contributed by atoms with Gasteiger partial charge in [-0.05, 0) is 69.8 Å². The zero-order valence-corrected chi connectivity index (χ0v) is 19.1. The summed E-state index contributed by atoms with van der Waals surface area (Å²) in [5.41, 5.74) is 8.09. The number of carbonyl (C=O) groups excluding carboxylic acids is 2. The fourth-order valence-corrected chi connectivity index (χ4v) is 3.59. The van der Waals surface area contributed by atoms with Gasteiger partial charge in [-0.1, -0.05) is 0 Å². The highest BCUT2D eigenvalue weighted by atomic mass is 19.1. The van der Waals surface area contributed by atoms with Gasteiger partial charge in [0.2, 0.25) is 0 Å². The molecule has 2 aromatic carbocycles. The SMILES string of the molecule is CN1CCN(c2ccc(C(=O)Nc3ccc(F)cc3CC(=O)OC(C)(C)C)cc2N)CC1. The normalized spacial score (nSPS) is 14.8. The molecule has 1 aliphatic rings. The Kier molecular flexibility index (Phi) is 7.03. The molecule has 3 N–H and O–H groups in total. The molecule has 0 bridgehead atoms. The molecule has 0 atom stereocenters. The smallest absolute Gasteiger partial charge is 0.310 e. The maximum absolute atomic E-state index is 13.8. The first kappa shape index (κ1) is 23.5. The van der Waals surface area contributed by atoms with Crippen LogP contribution in [-0.2, 0) is 16.0 Å². The van der Waals surface area contributed by atoms with Crippen LogP contribution in [-0.4, -0.2) is 55.6 Å². The molecule has 1 heterocycles. The number of esters is 1. The van der Waals surface area contributed by atoms with Crippen LogP contribution in [0, 0.1) is 5.82 Å². The number of hydrogen-bond acceptors (Lipinski definition) is 6. The van der Waals surface area contributed by atoms with E-state index >= 15 is 0 Å². The molecule has 0 unspecified atom stereocenters. The molecule has 0 radical (unpaired) electrons. The lowest BCUT2D eigenvalue weighted by atomic mass is 10.1. The molecular weight excluding hydrogens is 411 g/mol. The summed E-state index contributed by atoms with van der Waals surface area (Å²) in [6, 6.07) is 9.11.